The molecule has 0 aliphatic carbocycles. The van der Waals surface area contributed by atoms with E-state index in [1.54, 1.807) is 12.1 Å². The van der Waals surface area contributed by atoms with Gasteiger partial charge in [-0.15, -0.1) is 11.6 Å². The normalized spacial score (nSPS) is 12.7. The number of aryl methyl sites for hydroxylation is 1. The number of hydrogen-bond acceptors (Lipinski definition) is 1. The van der Waals surface area contributed by atoms with Gasteiger partial charge >= 0.3 is 0 Å². The van der Waals surface area contributed by atoms with E-state index in [2.05, 4.69) is 0 Å². The van der Waals surface area contributed by atoms with Gasteiger partial charge in [0.2, 0.25) is 0 Å². The molecular weight excluding hydrogens is 246 g/mol. The number of alkyl halides is 1. The molecule has 1 nitrogen and oxygen atoms in total. The van der Waals surface area contributed by atoms with Gasteiger partial charge in [0.25, 0.3) is 0 Å². The lowest BCUT2D eigenvalue weighted by Gasteiger charge is -2.08. The van der Waals surface area contributed by atoms with Crippen LogP contribution >= 0.6 is 11.6 Å². The zero-order valence-corrected chi connectivity index (χ0v) is 9.97. The summed E-state index contributed by atoms with van der Waals surface area (Å²) in [5.74, 6) is 0.130. The average molecular weight is 257 g/mol. The molecule has 2 rings (SSSR count). The van der Waals surface area contributed by atoms with Gasteiger partial charge < -0.3 is 4.42 Å². The van der Waals surface area contributed by atoms with Crippen LogP contribution in [0.4, 0.5) is 8.78 Å². The number of furan rings is 1. The fourth-order valence-corrected chi connectivity index (χ4v) is 1.87. The molecule has 0 N–H and O–H groups in total. The second-order valence-corrected chi connectivity index (χ2v) is 4.12. The second kappa shape index (κ2) is 4.88. The third-order valence-corrected chi connectivity index (χ3v) is 2.96. The van der Waals surface area contributed by atoms with Crippen LogP contribution in [0, 0.1) is 11.6 Å². The Bertz CT molecular complexity index is 522. The van der Waals surface area contributed by atoms with Crippen LogP contribution in [0.5, 0.6) is 0 Å². The molecule has 0 spiro atoms. The molecule has 0 radical (unpaired) electrons. The Morgan fingerprint density at radius 2 is 2.00 bits per heavy atom. The van der Waals surface area contributed by atoms with E-state index in [9.17, 15) is 8.78 Å². The SMILES string of the molecule is CCc1ccc(C(Cl)c2cc(F)ccc2F)o1. The quantitative estimate of drug-likeness (QED) is 0.740. The fraction of sp³-hybridized carbons (Fsp3) is 0.231. The number of benzene rings is 1. The van der Waals surface area contributed by atoms with Gasteiger partial charge in [-0.25, -0.2) is 8.78 Å². The minimum Gasteiger partial charge on any atom is -0.464 e. The van der Waals surface area contributed by atoms with E-state index < -0.39 is 17.0 Å². The van der Waals surface area contributed by atoms with E-state index in [1.165, 1.54) is 0 Å². The first-order valence-corrected chi connectivity index (χ1v) is 5.73. The molecule has 0 saturated heterocycles. The highest BCUT2D eigenvalue weighted by Crippen LogP contribution is 2.32. The lowest BCUT2D eigenvalue weighted by atomic mass is 10.1. The Hall–Kier alpha value is -1.35. The Morgan fingerprint density at radius 3 is 2.65 bits per heavy atom. The van der Waals surface area contributed by atoms with Crippen molar-refractivity contribution in [1.82, 2.24) is 0 Å². The highest BCUT2D eigenvalue weighted by Gasteiger charge is 2.19. The summed E-state index contributed by atoms with van der Waals surface area (Å²) in [5, 5.41) is -0.814. The van der Waals surface area contributed by atoms with Crippen molar-refractivity contribution < 1.29 is 13.2 Å². The maximum absolute atomic E-state index is 13.5. The first-order valence-electron chi connectivity index (χ1n) is 5.29. The molecule has 1 aromatic carbocycles. The first-order chi connectivity index (χ1) is 8.11. The van der Waals surface area contributed by atoms with Crippen LogP contribution in [-0.2, 0) is 6.42 Å². The third-order valence-electron chi connectivity index (χ3n) is 2.51. The van der Waals surface area contributed by atoms with Crippen LogP contribution in [0.1, 0.15) is 29.4 Å². The van der Waals surface area contributed by atoms with Gasteiger partial charge in [0, 0.05) is 12.0 Å². The molecule has 1 unspecified atom stereocenters. The Labute approximate surface area is 103 Å². The standard InChI is InChI=1S/C13H11ClF2O/c1-2-9-4-6-12(17-9)13(14)10-7-8(15)3-5-11(10)16/h3-7,13H,2H2,1H3. The predicted molar refractivity (Wildman–Crippen MR) is 62.1 cm³/mol. The van der Waals surface area contributed by atoms with Crippen LogP contribution < -0.4 is 0 Å². The summed E-state index contributed by atoms with van der Waals surface area (Å²) in [6, 6.07) is 6.66. The molecular formula is C13H11ClF2O. The van der Waals surface area contributed by atoms with Gasteiger partial charge in [-0.3, -0.25) is 0 Å². The van der Waals surface area contributed by atoms with Crippen molar-refractivity contribution in [3.8, 4) is 0 Å². The summed E-state index contributed by atoms with van der Waals surface area (Å²) in [6.45, 7) is 1.94. The van der Waals surface area contributed by atoms with Crippen molar-refractivity contribution >= 4 is 11.6 Å². The van der Waals surface area contributed by atoms with Gasteiger partial charge in [-0.05, 0) is 30.3 Å². The van der Waals surface area contributed by atoms with Crippen LogP contribution in [0.15, 0.2) is 34.7 Å². The Kier molecular flexibility index (Phi) is 3.48. The summed E-state index contributed by atoms with van der Waals surface area (Å²) < 4.78 is 32.0. The zero-order valence-electron chi connectivity index (χ0n) is 9.21. The van der Waals surface area contributed by atoms with Crippen LogP contribution in [0.2, 0.25) is 0 Å². The molecule has 0 aliphatic rings. The van der Waals surface area contributed by atoms with Crippen molar-refractivity contribution in [3.05, 3.63) is 59.1 Å². The van der Waals surface area contributed by atoms with E-state index in [0.29, 0.717) is 5.76 Å². The molecule has 0 aliphatic heterocycles. The summed E-state index contributed by atoms with van der Waals surface area (Å²) in [4.78, 5) is 0. The van der Waals surface area contributed by atoms with Gasteiger partial charge in [0.1, 0.15) is 28.5 Å². The maximum atomic E-state index is 13.5. The lowest BCUT2D eigenvalue weighted by Crippen LogP contribution is -1.96. The number of halogens is 3. The zero-order chi connectivity index (χ0) is 12.4. The predicted octanol–water partition coefficient (Wildman–Crippen LogP) is 4.45. The van der Waals surface area contributed by atoms with Crippen LogP contribution in [0.25, 0.3) is 0 Å². The third kappa shape index (κ3) is 2.50. The summed E-state index contributed by atoms with van der Waals surface area (Å²) in [6.07, 6.45) is 0.731. The number of rotatable bonds is 3. The lowest BCUT2D eigenvalue weighted by molar-refractivity contribution is 0.470. The molecule has 0 saturated carbocycles. The second-order valence-electron chi connectivity index (χ2n) is 3.69. The monoisotopic (exact) mass is 256 g/mol. The van der Waals surface area contributed by atoms with Crippen LogP contribution in [-0.4, -0.2) is 0 Å². The van der Waals surface area contributed by atoms with Crippen molar-refractivity contribution in [3.63, 3.8) is 0 Å². The van der Waals surface area contributed by atoms with E-state index in [4.69, 9.17) is 16.0 Å². The highest BCUT2D eigenvalue weighted by atomic mass is 35.5. The molecule has 17 heavy (non-hydrogen) atoms. The fourth-order valence-electron chi connectivity index (χ4n) is 1.58. The molecule has 0 fully saturated rings. The van der Waals surface area contributed by atoms with Crippen molar-refractivity contribution in [2.75, 3.05) is 0 Å². The molecule has 4 heteroatoms. The molecule has 0 bridgehead atoms. The smallest absolute Gasteiger partial charge is 0.128 e. The summed E-state index contributed by atoms with van der Waals surface area (Å²) >= 11 is 6.08. The van der Waals surface area contributed by atoms with Crippen molar-refractivity contribution in [2.24, 2.45) is 0 Å². The van der Waals surface area contributed by atoms with E-state index in [0.717, 1.165) is 30.4 Å². The molecule has 0 amide bonds. The molecule has 1 heterocycles. The van der Waals surface area contributed by atoms with Crippen molar-refractivity contribution in [1.29, 1.82) is 0 Å². The summed E-state index contributed by atoms with van der Waals surface area (Å²) in [5.41, 5.74) is 0.0867. The average Bonchev–Trinajstić information content (AvgIpc) is 2.80. The van der Waals surface area contributed by atoms with Crippen molar-refractivity contribution in [2.45, 2.75) is 18.7 Å². The highest BCUT2D eigenvalue weighted by molar-refractivity contribution is 6.22. The van der Waals surface area contributed by atoms with Gasteiger partial charge in [-0.1, -0.05) is 6.92 Å². The first kappa shape index (κ1) is 12.1. The minimum atomic E-state index is -0.814. The Balaban J connectivity index is 2.35. The summed E-state index contributed by atoms with van der Waals surface area (Å²) in [7, 11) is 0. The van der Waals surface area contributed by atoms with E-state index in [-0.39, 0.29) is 5.56 Å². The molecule has 1 aromatic heterocycles. The topological polar surface area (TPSA) is 13.1 Å². The Morgan fingerprint density at radius 1 is 1.24 bits per heavy atom. The largest absolute Gasteiger partial charge is 0.464 e. The molecule has 1 atom stereocenters. The minimum absolute atomic E-state index is 0.0867. The maximum Gasteiger partial charge on any atom is 0.128 e. The molecule has 90 valence electrons. The van der Waals surface area contributed by atoms with E-state index >= 15 is 0 Å². The van der Waals surface area contributed by atoms with Gasteiger partial charge in [-0.2, -0.15) is 0 Å². The molecule has 2 aromatic rings. The van der Waals surface area contributed by atoms with E-state index in [1.807, 2.05) is 6.92 Å². The van der Waals surface area contributed by atoms with Crippen LogP contribution in [0.3, 0.4) is 0 Å². The van der Waals surface area contributed by atoms with Gasteiger partial charge in [0.15, 0.2) is 0 Å². The van der Waals surface area contributed by atoms with Gasteiger partial charge in [0.05, 0.1) is 0 Å². The number of hydrogen-bond donors (Lipinski definition) is 0.